The topological polar surface area (TPSA) is 30.0 Å². The Hall–Kier alpha value is -1.35. The zero-order valence-electron chi connectivity index (χ0n) is 6.77. The third-order valence-electron chi connectivity index (χ3n) is 1.85. The van der Waals surface area contributed by atoms with E-state index in [1.807, 2.05) is 18.2 Å². The zero-order chi connectivity index (χ0) is 9.26. The van der Waals surface area contributed by atoms with Crippen LogP contribution in [0.1, 0.15) is 10.4 Å². The summed E-state index contributed by atoms with van der Waals surface area (Å²) < 4.78 is 0. The number of fused-ring (bicyclic) bond motifs is 1. The van der Waals surface area contributed by atoms with Gasteiger partial charge in [0, 0.05) is 17.1 Å². The molecule has 1 aromatic heterocycles. The normalized spacial score (nSPS) is 10.2. The number of benzene rings is 1. The maximum atomic E-state index is 10.9. The number of aromatic nitrogens is 1. The molecule has 2 nitrogen and oxygen atoms in total. The van der Waals surface area contributed by atoms with Crippen molar-refractivity contribution < 1.29 is 4.79 Å². The lowest BCUT2D eigenvalue weighted by atomic mass is 10.1. The van der Waals surface area contributed by atoms with Gasteiger partial charge in [-0.2, -0.15) is 0 Å². The van der Waals surface area contributed by atoms with Crippen LogP contribution in [0.3, 0.4) is 0 Å². The van der Waals surface area contributed by atoms with Gasteiger partial charge in [0.15, 0.2) is 0 Å². The predicted molar refractivity (Wildman–Crippen MR) is 55.1 cm³/mol. The van der Waals surface area contributed by atoms with Crippen LogP contribution in [-0.4, -0.2) is 10.1 Å². The van der Waals surface area contributed by atoms with Gasteiger partial charge < -0.3 is 0 Å². The predicted octanol–water partition coefficient (Wildman–Crippen LogP) is 2.30. The Balaban J connectivity index is 2.69. The molecule has 13 heavy (non-hydrogen) atoms. The van der Waals surface area contributed by atoms with Gasteiger partial charge in [-0.05, 0) is 18.2 Å². The van der Waals surface area contributed by atoms with Gasteiger partial charge in [-0.25, -0.2) is 0 Å². The molecule has 0 radical (unpaired) electrons. The second kappa shape index (κ2) is 3.18. The van der Waals surface area contributed by atoms with Gasteiger partial charge in [0.05, 0.1) is 5.52 Å². The van der Waals surface area contributed by atoms with E-state index in [0.717, 1.165) is 10.9 Å². The summed E-state index contributed by atoms with van der Waals surface area (Å²) >= 11 is 3.75. The fraction of sp³-hybridized carbons (Fsp3) is 0. The minimum Gasteiger partial charge on any atom is -0.282 e. The smallest absolute Gasteiger partial charge is 0.216 e. The molecule has 0 fully saturated rings. The van der Waals surface area contributed by atoms with Crippen molar-refractivity contribution in [2.75, 3.05) is 0 Å². The van der Waals surface area contributed by atoms with E-state index in [9.17, 15) is 4.79 Å². The van der Waals surface area contributed by atoms with Crippen molar-refractivity contribution >= 4 is 28.6 Å². The van der Waals surface area contributed by atoms with Crippen LogP contribution < -0.4 is 0 Å². The lowest BCUT2D eigenvalue weighted by Crippen LogP contribution is -1.88. The van der Waals surface area contributed by atoms with Crippen LogP contribution in [0.15, 0.2) is 36.5 Å². The second-order valence-electron chi connectivity index (χ2n) is 2.72. The molecule has 0 amide bonds. The zero-order valence-corrected chi connectivity index (χ0v) is 7.66. The number of carbonyl (C=O) groups is 1. The Morgan fingerprint density at radius 1 is 1.31 bits per heavy atom. The van der Waals surface area contributed by atoms with Crippen LogP contribution in [0.2, 0.25) is 0 Å². The Morgan fingerprint density at radius 2 is 2.15 bits per heavy atom. The van der Waals surface area contributed by atoms with Crippen molar-refractivity contribution in [1.82, 2.24) is 4.98 Å². The standard InChI is InChI=1S/C10H7NOS/c12-10(13)8-4-3-7-2-1-5-11-9(7)6-8/h1-6H,(H,12,13). The minimum atomic E-state index is -0.229. The molecule has 3 heteroatoms. The molecule has 0 unspecified atom stereocenters. The van der Waals surface area contributed by atoms with Crippen LogP contribution in [-0.2, 0) is 0 Å². The molecule has 0 bridgehead atoms. The number of nitrogens with zero attached hydrogens (tertiary/aromatic N) is 1. The molecule has 0 aliphatic carbocycles. The van der Waals surface area contributed by atoms with Crippen LogP contribution in [0.5, 0.6) is 0 Å². The highest BCUT2D eigenvalue weighted by Crippen LogP contribution is 2.14. The van der Waals surface area contributed by atoms with Crippen LogP contribution in [0.4, 0.5) is 0 Å². The molecule has 0 spiro atoms. The maximum Gasteiger partial charge on any atom is 0.216 e. The minimum absolute atomic E-state index is 0.229. The average Bonchev–Trinajstić information content (AvgIpc) is 2.17. The Labute approximate surface area is 81.0 Å². The number of rotatable bonds is 1. The first kappa shape index (κ1) is 8.26. The number of carbonyl (C=O) groups excluding carboxylic acids is 1. The summed E-state index contributed by atoms with van der Waals surface area (Å²) in [5, 5.41) is 0.799. The van der Waals surface area contributed by atoms with Crippen LogP contribution in [0.25, 0.3) is 10.9 Å². The molecule has 0 saturated heterocycles. The van der Waals surface area contributed by atoms with Gasteiger partial charge in [0.25, 0.3) is 0 Å². The molecule has 0 atom stereocenters. The Kier molecular flexibility index (Phi) is 2.02. The van der Waals surface area contributed by atoms with Crippen molar-refractivity contribution in [3.8, 4) is 0 Å². The third kappa shape index (κ3) is 1.55. The molecule has 0 N–H and O–H groups in total. The van der Waals surface area contributed by atoms with E-state index < -0.39 is 0 Å². The molecule has 0 saturated carbocycles. The summed E-state index contributed by atoms with van der Waals surface area (Å²) in [6, 6.07) is 9.18. The maximum absolute atomic E-state index is 10.9. The summed E-state index contributed by atoms with van der Waals surface area (Å²) in [5.41, 5.74) is 1.40. The van der Waals surface area contributed by atoms with Crippen molar-refractivity contribution in [2.24, 2.45) is 0 Å². The van der Waals surface area contributed by atoms with E-state index in [1.54, 1.807) is 18.3 Å². The van der Waals surface area contributed by atoms with Crippen molar-refractivity contribution in [1.29, 1.82) is 0 Å². The summed E-state index contributed by atoms with van der Waals surface area (Å²) in [4.78, 5) is 15.1. The summed E-state index contributed by atoms with van der Waals surface area (Å²) in [5.74, 6) is 0. The van der Waals surface area contributed by atoms with Crippen molar-refractivity contribution in [3.05, 3.63) is 42.1 Å². The third-order valence-corrected chi connectivity index (χ3v) is 2.11. The molecule has 1 heterocycles. The summed E-state index contributed by atoms with van der Waals surface area (Å²) in [7, 11) is 0. The quantitative estimate of drug-likeness (QED) is 0.698. The van der Waals surface area contributed by atoms with E-state index in [-0.39, 0.29) is 5.12 Å². The summed E-state index contributed by atoms with van der Waals surface area (Å²) in [6.45, 7) is 0. The number of thiol groups is 1. The monoisotopic (exact) mass is 189 g/mol. The molecule has 0 aliphatic rings. The number of pyridine rings is 1. The lowest BCUT2D eigenvalue weighted by molar-refractivity contribution is 0.109. The lowest BCUT2D eigenvalue weighted by Gasteiger charge is -1.97. The summed E-state index contributed by atoms with van der Waals surface area (Å²) in [6.07, 6.45) is 1.70. The number of hydrogen-bond acceptors (Lipinski definition) is 2. The molecule has 1 aromatic carbocycles. The second-order valence-corrected chi connectivity index (χ2v) is 3.12. The first-order valence-electron chi connectivity index (χ1n) is 3.85. The van der Waals surface area contributed by atoms with Crippen molar-refractivity contribution in [3.63, 3.8) is 0 Å². The molecule has 2 rings (SSSR count). The van der Waals surface area contributed by atoms with Crippen molar-refractivity contribution in [2.45, 2.75) is 0 Å². The first-order chi connectivity index (χ1) is 6.27. The van der Waals surface area contributed by atoms with E-state index >= 15 is 0 Å². The van der Waals surface area contributed by atoms with Crippen LogP contribution >= 0.6 is 12.6 Å². The highest BCUT2D eigenvalue weighted by Gasteiger charge is 2.00. The molecule has 0 aliphatic heterocycles. The van der Waals surface area contributed by atoms with E-state index in [4.69, 9.17) is 0 Å². The van der Waals surface area contributed by atoms with Crippen LogP contribution in [0, 0.1) is 0 Å². The SMILES string of the molecule is O=C(S)c1ccc2cccnc2c1. The van der Waals surface area contributed by atoms with E-state index in [0.29, 0.717) is 5.56 Å². The molecular formula is C10H7NOS. The largest absolute Gasteiger partial charge is 0.282 e. The Morgan fingerprint density at radius 3 is 2.92 bits per heavy atom. The highest BCUT2D eigenvalue weighted by molar-refractivity contribution is 7.97. The van der Waals surface area contributed by atoms with Gasteiger partial charge in [0.2, 0.25) is 5.12 Å². The molecular weight excluding hydrogens is 182 g/mol. The highest BCUT2D eigenvalue weighted by atomic mass is 32.1. The van der Waals surface area contributed by atoms with Gasteiger partial charge in [-0.3, -0.25) is 9.78 Å². The van der Waals surface area contributed by atoms with Gasteiger partial charge in [0.1, 0.15) is 0 Å². The van der Waals surface area contributed by atoms with Gasteiger partial charge in [-0.1, -0.05) is 12.1 Å². The number of hydrogen-bond donors (Lipinski definition) is 1. The van der Waals surface area contributed by atoms with E-state index in [1.165, 1.54) is 0 Å². The van der Waals surface area contributed by atoms with Gasteiger partial charge >= 0.3 is 0 Å². The Bertz CT molecular complexity index is 467. The average molecular weight is 189 g/mol. The fourth-order valence-electron chi connectivity index (χ4n) is 1.20. The fourth-order valence-corrected chi connectivity index (χ4v) is 1.34. The first-order valence-corrected chi connectivity index (χ1v) is 4.30. The molecule has 2 aromatic rings. The van der Waals surface area contributed by atoms with Gasteiger partial charge in [-0.15, -0.1) is 12.6 Å². The molecule has 64 valence electrons. The van der Waals surface area contributed by atoms with E-state index in [2.05, 4.69) is 17.6 Å².